The second kappa shape index (κ2) is 14.3. The van der Waals surface area contributed by atoms with Crippen LogP contribution in [0.15, 0.2) is 48.6 Å². The van der Waals surface area contributed by atoms with Gasteiger partial charge in [0.25, 0.3) is 0 Å². The van der Waals surface area contributed by atoms with Crippen molar-refractivity contribution >= 4 is 5.97 Å². The Kier molecular flexibility index (Phi) is 12.4. The van der Waals surface area contributed by atoms with Crippen molar-refractivity contribution in [2.75, 3.05) is 0 Å². The zero-order valence-electron chi connectivity index (χ0n) is 16.6. The van der Waals surface area contributed by atoms with Crippen LogP contribution in [0.25, 0.3) is 0 Å². The maximum absolute atomic E-state index is 10.3. The first kappa shape index (κ1) is 24.3. The minimum atomic E-state index is -0.837. The van der Waals surface area contributed by atoms with Gasteiger partial charge in [-0.3, -0.25) is 4.79 Å². The summed E-state index contributed by atoms with van der Waals surface area (Å²) in [5, 5.41) is 38.4. The van der Waals surface area contributed by atoms with Gasteiger partial charge in [-0.1, -0.05) is 55.5 Å². The number of carboxylic acid groups (broad SMARTS) is 1. The molecule has 0 aromatic carbocycles. The van der Waals surface area contributed by atoms with Crippen LogP contribution >= 0.6 is 0 Å². The zero-order chi connectivity index (χ0) is 20.8. The molecule has 0 aromatic rings. The lowest BCUT2D eigenvalue weighted by atomic mass is 10.1. The molecule has 0 saturated carbocycles. The monoisotopic (exact) mass is 394 g/mol. The molecule has 0 unspecified atom stereocenters. The van der Waals surface area contributed by atoms with Crippen LogP contribution in [0.3, 0.4) is 0 Å². The highest BCUT2D eigenvalue weighted by molar-refractivity contribution is 5.66. The Morgan fingerprint density at radius 2 is 1.71 bits per heavy atom. The summed E-state index contributed by atoms with van der Waals surface area (Å²) in [6.07, 6.45) is 15.9. The Labute approximate surface area is 167 Å². The van der Waals surface area contributed by atoms with Gasteiger partial charge in [-0.2, -0.15) is 0 Å². The van der Waals surface area contributed by atoms with Gasteiger partial charge < -0.3 is 25.2 Å². The molecule has 0 aliphatic carbocycles. The predicted molar refractivity (Wildman–Crippen MR) is 109 cm³/mol. The molecular weight excluding hydrogens is 360 g/mol. The van der Waals surface area contributed by atoms with Crippen LogP contribution in [-0.2, 0) is 9.53 Å². The number of hydrogen-bond donors (Lipinski definition) is 4. The van der Waals surface area contributed by atoms with Crippen LogP contribution in [0.2, 0.25) is 0 Å². The van der Waals surface area contributed by atoms with Crippen LogP contribution in [0, 0.1) is 0 Å². The molecule has 4 N–H and O–H groups in total. The molecule has 1 aliphatic rings. The fourth-order valence-corrected chi connectivity index (χ4v) is 2.90. The molecule has 0 spiro atoms. The maximum Gasteiger partial charge on any atom is 0.303 e. The third-order valence-electron chi connectivity index (χ3n) is 4.51. The van der Waals surface area contributed by atoms with Crippen molar-refractivity contribution in [3.05, 3.63) is 48.6 Å². The van der Waals surface area contributed by atoms with E-state index in [-0.39, 0.29) is 12.5 Å². The molecule has 158 valence electrons. The number of aliphatic hydroxyl groups excluding tert-OH is 3. The van der Waals surface area contributed by atoms with E-state index < -0.39 is 30.4 Å². The van der Waals surface area contributed by atoms with Gasteiger partial charge in [-0.15, -0.1) is 0 Å². The first-order valence-corrected chi connectivity index (χ1v) is 9.98. The first-order chi connectivity index (χ1) is 13.4. The second-order valence-corrected chi connectivity index (χ2v) is 6.92. The van der Waals surface area contributed by atoms with Crippen molar-refractivity contribution in [2.24, 2.45) is 0 Å². The number of aliphatic carboxylic acids is 1. The molecular formula is C22H34O6. The minimum absolute atomic E-state index is 0.158. The van der Waals surface area contributed by atoms with E-state index in [0.717, 1.165) is 12.8 Å². The Morgan fingerprint density at radius 1 is 1.07 bits per heavy atom. The smallest absolute Gasteiger partial charge is 0.303 e. The summed E-state index contributed by atoms with van der Waals surface area (Å²) in [5.74, 6) is -0.785. The van der Waals surface area contributed by atoms with E-state index in [9.17, 15) is 20.1 Å². The lowest BCUT2D eigenvalue weighted by molar-refractivity contribution is -0.136. The number of rotatable bonds is 13. The van der Waals surface area contributed by atoms with E-state index in [1.165, 1.54) is 6.08 Å². The Hall–Kier alpha value is -1.73. The van der Waals surface area contributed by atoms with Gasteiger partial charge in [0, 0.05) is 12.8 Å². The number of hydrogen-bond acceptors (Lipinski definition) is 5. The van der Waals surface area contributed by atoms with Crippen molar-refractivity contribution in [3.8, 4) is 0 Å². The minimum Gasteiger partial charge on any atom is -0.481 e. The average molecular weight is 395 g/mol. The molecule has 0 bridgehead atoms. The number of carboxylic acids is 1. The van der Waals surface area contributed by atoms with Crippen LogP contribution in [0.1, 0.15) is 51.9 Å². The lowest BCUT2D eigenvalue weighted by Crippen LogP contribution is -2.24. The third kappa shape index (κ3) is 10.6. The van der Waals surface area contributed by atoms with E-state index in [4.69, 9.17) is 9.84 Å². The number of ether oxygens (including phenoxy) is 1. The largest absolute Gasteiger partial charge is 0.481 e. The highest BCUT2D eigenvalue weighted by atomic mass is 16.5. The fraction of sp³-hybridized carbons (Fsp3) is 0.591. The summed E-state index contributed by atoms with van der Waals surface area (Å²) in [4.78, 5) is 10.3. The van der Waals surface area contributed by atoms with Crippen LogP contribution in [0.4, 0.5) is 0 Å². The van der Waals surface area contributed by atoms with Crippen molar-refractivity contribution in [1.29, 1.82) is 0 Å². The standard InChI is InChI=1S/C22H34O6/c1-2-20-19(25)16-21(28-20)18(24)15-14-17(23)12-10-8-6-4-3-5-7-9-11-13-22(26)27/h3-4,7-10,14-15,17-21,23-25H,2,5-6,11-13,16H2,1H3,(H,26,27)/b4-3-,9-7-,10-8-,15-14+/t17-,18-,19-,20+,21+/m1/s1. The summed E-state index contributed by atoms with van der Waals surface area (Å²) >= 11 is 0. The SMILES string of the molecule is CC[C@@H]1O[C@H]([C@H](O)/C=C/[C@H](O)C/C=C\C/C=C\C/C=C\CCC(=O)O)C[C@H]1O. The zero-order valence-corrected chi connectivity index (χ0v) is 16.6. The van der Waals surface area contributed by atoms with Crippen molar-refractivity contribution in [1.82, 2.24) is 0 Å². The van der Waals surface area contributed by atoms with Crippen LogP contribution in [0.5, 0.6) is 0 Å². The molecule has 1 rings (SSSR count). The molecule has 0 radical (unpaired) electrons. The molecule has 6 heteroatoms. The van der Waals surface area contributed by atoms with E-state index in [0.29, 0.717) is 25.7 Å². The van der Waals surface area contributed by atoms with Gasteiger partial charge in [0.1, 0.15) is 0 Å². The van der Waals surface area contributed by atoms with Gasteiger partial charge >= 0.3 is 5.97 Å². The van der Waals surface area contributed by atoms with Crippen molar-refractivity contribution < 1.29 is 30.0 Å². The van der Waals surface area contributed by atoms with E-state index in [2.05, 4.69) is 0 Å². The molecule has 28 heavy (non-hydrogen) atoms. The molecule has 6 nitrogen and oxygen atoms in total. The Balaban J connectivity index is 2.16. The van der Waals surface area contributed by atoms with Crippen LogP contribution in [-0.4, -0.2) is 56.9 Å². The third-order valence-corrected chi connectivity index (χ3v) is 4.51. The van der Waals surface area contributed by atoms with Crippen molar-refractivity contribution in [2.45, 2.75) is 82.4 Å². The van der Waals surface area contributed by atoms with Crippen LogP contribution < -0.4 is 0 Å². The fourth-order valence-electron chi connectivity index (χ4n) is 2.90. The molecule has 1 saturated heterocycles. The Bertz CT molecular complexity index is 551. The Morgan fingerprint density at radius 3 is 2.32 bits per heavy atom. The normalized spacial score (nSPS) is 25.5. The number of allylic oxidation sites excluding steroid dienone is 5. The average Bonchev–Trinajstić information content (AvgIpc) is 3.04. The molecule has 5 atom stereocenters. The summed E-state index contributed by atoms with van der Waals surface area (Å²) in [6, 6.07) is 0. The summed E-state index contributed by atoms with van der Waals surface area (Å²) in [5.41, 5.74) is 0. The maximum atomic E-state index is 10.3. The molecule has 1 heterocycles. The quantitative estimate of drug-likeness (QED) is 0.358. The first-order valence-electron chi connectivity index (χ1n) is 9.98. The second-order valence-electron chi connectivity index (χ2n) is 6.92. The molecule has 1 aliphatic heterocycles. The molecule has 0 amide bonds. The van der Waals surface area contributed by atoms with Gasteiger partial charge in [0.2, 0.25) is 0 Å². The van der Waals surface area contributed by atoms with Crippen molar-refractivity contribution in [3.63, 3.8) is 0 Å². The summed E-state index contributed by atoms with van der Waals surface area (Å²) in [7, 11) is 0. The summed E-state index contributed by atoms with van der Waals surface area (Å²) in [6.45, 7) is 1.93. The van der Waals surface area contributed by atoms with Gasteiger partial charge in [0.05, 0.1) is 30.5 Å². The van der Waals surface area contributed by atoms with E-state index >= 15 is 0 Å². The van der Waals surface area contributed by atoms with Gasteiger partial charge in [0.15, 0.2) is 0 Å². The summed E-state index contributed by atoms with van der Waals surface area (Å²) < 4.78 is 5.61. The molecule has 0 aromatic heterocycles. The lowest BCUT2D eigenvalue weighted by Gasteiger charge is -2.16. The van der Waals surface area contributed by atoms with Gasteiger partial charge in [-0.05, 0) is 32.1 Å². The number of aliphatic hydroxyl groups is 3. The predicted octanol–water partition coefficient (Wildman–Crippen LogP) is 2.90. The van der Waals surface area contributed by atoms with E-state index in [1.807, 2.05) is 43.4 Å². The van der Waals surface area contributed by atoms with Gasteiger partial charge in [-0.25, -0.2) is 0 Å². The molecule has 1 fully saturated rings. The number of carbonyl (C=O) groups is 1. The topological polar surface area (TPSA) is 107 Å². The highest BCUT2D eigenvalue weighted by Gasteiger charge is 2.35. The highest BCUT2D eigenvalue weighted by Crippen LogP contribution is 2.25. The van der Waals surface area contributed by atoms with E-state index in [1.54, 1.807) is 6.08 Å².